The Balaban J connectivity index is 1.75. The highest BCUT2D eigenvalue weighted by Crippen LogP contribution is 2.23. The summed E-state index contributed by atoms with van der Waals surface area (Å²) in [7, 11) is 0. The third-order valence-corrected chi connectivity index (χ3v) is 3.85. The fraction of sp³-hybridized carbons (Fsp3) is 0.545. The molecular weight excluding hydrogens is 222 g/mol. The summed E-state index contributed by atoms with van der Waals surface area (Å²) >= 11 is 1.85. The molecule has 5 heteroatoms. The van der Waals surface area contributed by atoms with Crippen molar-refractivity contribution in [1.82, 2.24) is 10.2 Å². The first-order chi connectivity index (χ1) is 7.79. The van der Waals surface area contributed by atoms with Crippen LogP contribution in [-0.2, 0) is 17.8 Å². The smallest absolute Gasteiger partial charge is 0.233 e. The predicted molar refractivity (Wildman–Crippen MR) is 65.4 cm³/mol. The molecule has 16 heavy (non-hydrogen) atoms. The molecule has 1 aromatic heterocycles. The molecule has 0 fully saturated rings. The highest BCUT2D eigenvalue weighted by molar-refractivity contribution is 7.10. The largest absolute Gasteiger partial charge is 0.354 e. The van der Waals surface area contributed by atoms with E-state index in [0.29, 0.717) is 6.54 Å². The molecule has 0 aromatic carbocycles. The lowest BCUT2D eigenvalue weighted by Gasteiger charge is -2.26. The average Bonchev–Trinajstić information content (AvgIpc) is 2.76. The van der Waals surface area contributed by atoms with Crippen molar-refractivity contribution in [3.8, 4) is 0 Å². The number of rotatable bonds is 4. The van der Waals surface area contributed by atoms with Gasteiger partial charge in [0.15, 0.2) is 0 Å². The standard InChI is InChI=1S/C11H17N3OS/c12-7-11(15)13-3-5-14-4-1-10-9(8-14)2-6-16-10/h2,6H,1,3-5,7-8,12H2,(H,13,15). The zero-order chi connectivity index (χ0) is 11.4. The second-order valence-electron chi connectivity index (χ2n) is 3.95. The van der Waals surface area contributed by atoms with Crippen LogP contribution in [0.25, 0.3) is 0 Å². The SMILES string of the molecule is NCC(=O)NCCN1CCc2sccc2C1. The Morgan fingerprint density at radius 3 is 3.31 bits per heavy atom. The van der Waals surface area contributed by atoms with Gasteiger partial charge in [-0.2, -0.15) is 0 Å². The molecule has 0 bridgehead atoms. The molecule has 1 aliphatic rings. The maximum absolute atomic E-state index is 11.0. The van der Waals surface area contributed by atoms with Crippen molar-refractivity contribution in [2.45, 2.75) is 13.0 Å². The van der Waals surface area contributed by atoms with Gasteiger partial charge in [0.2, 0.25) is 5.91 Å². The lowest BCUT2D eigenvalue weighted by atomic mass is 10.1. The molecule has 4 nitrogen and oxygen atoms in total. The van der Waals surface area contributed by atoms with E-state index >= 15 is 0 Å². The molecule has 1 aromatic rings. The van der Waals surface area contributed by atoms with E-state index in [4.69, 9.17) is 5.73 Å². The van der Waals surface area contributed by atoms with Crippen LogP contribution in [0.2, 0.25) is 0 Å². The number of carbonyl (C=O) groups excluding carboxylic acids is 1. The lowest BCUT2D eigenvalue weighted by molar-refractivity contribution is -0.119. The van der Waals surface area contributed by atoms with Crippen LogP contribution in [0.1, 0.15) is 10.4 Å². The van der Waals surface area contributed by atoms with Gasteiger partial charge in [-0.1, -0.05) is 0 Å². The number of hydrogen-bond acceptors (Lipinski definition) is 4. The summed E-state index contributed by atoms with van der Waals surface area (Å²) in [6.07, 6.45) is 1.14. The van der Waals surface area contributed by atoms with E-state index in [1.807, 2.05) is 11.3 Å². The number of amides is 1. The zero-order valence-electron chi connectivity index (χ0n) is 9.24. The quantitative estimate of drug-likeness (QED) is 0.788. The lowest BCUT2D eigenvalue weighted by Crippen LogP contribution is -2.39. The van der Waals surface area contributed by atoms with Gasteiger partial charge in [-0.3, -0.25) is 9.69 Å². The number of carbonyl (C=O) groups is 1. The first kappa shape index (κ1) is 11.6. The highest BCUT2D eigenvalue weighted by atomic mass is 32.1. The van der Waals surface area contributed by atoms with Gasteiger partial charge in [0.05, 0.1) is 6.54 Å². The molecule has 0 saturated heterocycles. The molecule has 0 radical (unpaired) electrons. The van der Waals surface area contributed by atoms with Crippen LogP contribution in [0.3, 0.4) is 0 Å². The van der Waals surface area contributed by atoms with Crippen molar-refractivity contribution in [3.05, 3.63) is 21.9 Å². The van der Waals surface area contributed by atoms with Crippen LogP contribution in [0.4, 0.5) is 0 Å². The van der Waals surface area contributed by atoms with E-state index in [0.717, 1.165) is 26.1 Å². The number of fused-ring (bicyclic) bond motifs is 1. The first-order valence-corrected chi connectivity index (χ1v) is 6.42. The molecule has 1 amide bonds. The van der Waals surface area contributed by atoms with E-state index < -0.39 is 0 Å². The molecule has 0 unspecified atom stereocenters. The van der Waals surface area contributed by atoms with Gasteiger partial charge in [-0.15, -0.1) is 11.3 Å². The maximum atomic E-state index is 11.0. The number of thiophene rings is 1. The third kappa shape index (κ3) is 2.81. The van der Waals surface area contributed by atoms with E-state index in [1.165, 1.54) is 10.4 Å². The molecular formula is C11H17N3OS. The van der Waals surface area contributed by atoms with Gasteiger partial charge in [0.25, 0.3) is 0 Å². The van der Waals surface area contributed by atoms with Crippen molar-refractivity contribution >= 4 is 17.2 Å². The predicted octanol–water partition coefficient (Wildman–Crippen LogP) is 0.181. The minimum atomic E-state index is -0.0757. The second-order valence-corrected chi connectivity index (χ2v) is 4.95. The fourth-order valence-electron chi connectivity index (χ4n) is 1.92. The number of hydrogen-bond donors (Lipinski definition) is 2. The number of nitrogens with one attached hydrogen (secondary N) is 1. The van der Waals surface area contributed by atoms with E-state index in [-0.39, 0.29) is 12.5 Å². The Hall–Kier alpha value is -0.910. The zero-order valence-corrected chi connectivity index (χ0v) is 10.1. The molecule has 2 rings (SSSR count). The van der Waals surface area contributed by atoms with Crippen molar-refractivity contribution < 1.29 is 4.79 Å². The summed E-state index contributed by atoms with van der Waals surface area (Å²) in [5.41, 5.74) is 6.66. The normalized spacial score (nSPS) is 15.8. The van der Waals surface area contributed by atoms with Crippen LogP contribution < -0.4 is 11.1 Å². The topological polar surface area (TPSA) is 58.4 Å². The van der Waals surface area contributed by atoms with E-state index in [9.17, 15) is 4.79 Å². The minimum absolute atomic E-state index is 0.0757. The summed E-state index contributed by atoms with van der Waals surface area (Å²) in [6.45, 7) is 3.77. The third-order valence-electron chi connectivity index (χ3n) is 2.82. The molecule has 88 valence electrons. The van der Waals surface area contributed by atoms with E-state index in [1.54, 1.807) is 0 Å². The summed E-state index contributed by atoms with van der Waals surface area (Å²) in [4.78, 5) is 14.8. The van der Waals surface area contributed by atoms with Crippen LogP contribution in [0, 0.1) is 0 Å². The van der Waals surface area contributed by atoms with Gasteiger partial charge >= 0.3 is 0 Å². The van der Waals surface area contributed by atoms with Crippen molar-refractivity contribution in [3.63, 3.8) is 0 Å². The van der Waals surface area contributed by atoms with Crippen LogP contribution in [0.15, 0.2) is 11.4 Å². The highest BCUT2D eigenvalue weighted by Gasteiger charge is 2.16. The Morgan fingerprint density at radius 1 is 1.62 bits per heavy atom. The van der Waals surface area contributed by atoms with E-state index in [2.05, 4.69) is 21.7 Å². The maximum Gasteiger partial charge on any atom is 0.233 e. The van der Waals surface area contributed by atoms with Gasteiger partial charge in [-0.25, -0.2) is 0 Å². The average molecular weight is 239 g/mol. The molecule has 0 spiro atoms. The van der Waals surface area contributed by atoms with Gasteiger partial charge < -0.3 is 11.1 Å². The Labute approximate surface area is 99.4 Å². The van der Waals surface area contributed by atoms with Crippen LogP contribution in [0.5, 0.6) is 0 Å². The Bertz CT molecular complexity index is 364. The van der Waals surface area contributed by atoms with Crippen molar-refractivity contribution in [1.29, 1.82) is 0 Å². The summed E-state index contributed by atoms with van der Waals surface area (Å²) in [5, 5.41) is 4.95. The second kappa shape index (κ2) is 5.43. The van der Waals surface area contributed by atoms with Gasteiger partial charge in [-0.05, 0) is 23.4 Å². The summed E-state index contributed by atoms with van der Waals surface area (Å²) < 4.78 is 0. The number of nitrogens with two attached hydrogens (primary N) is 1. The monoisotopic (exact) mass is 239 g/mol. The van der Waals surface area contributed by atoms with Crippen molar-refractivity contribution in [2.24, 2.45) is 5.73 Å². The summed E-state index contributed by atoms with van der Waals surface area (Å²) in [5.74, 6) is -0.0757. The molecule has 0 aliphatic carbocycles. The molecule has 0 saturated carbocycles. The van der Waals surface area contributed by atoms with Crippen molar-refractivity contribution in [2.75, 3.05) is 26.2 Å². The molecule has 2 heterocycles. The van der Waals surface area contributed by atoms with Gasteiger partial charge in [0.1, 0.15) is 0 Å². The molecule has 1 aliphatic heterocycles. The Kier molecular flexibility index (Phi) is 3.93. The van der Waals surface area contributed by atoms with Crippen LogP contribution in [-0.4, -0.2) is 37.0 Å². The first-order valence-electron chi connectivity index (χ1n) is 5.54. The fourth-order valence-corrected chi connectivity index (χ4v) is 2.81. The Morgan fingerprint density at radius 2 is 2.50 bits per heavy atom. The van der Waals surface area contributed by atoms with Crippen LogP contribution >= 0.6 is 11.3 Å². The molecule has 0 atom stereocenters. The minimum Gasteiger partial charge on any atom is -0.354 e. The number of nitrogens with zero attached hydrogens (tertiary/aromatic N) is 1. The van der Waals surface area contributed by atoms with Gasteiger partial charge in [0, 0.05) is 31.1 Å². The summed E-state index contributed by atoms with van der Waals surface area (Å²) in [6, 6.07) is 2.20. The molecule has 3 N–H and O–H groups in total.